The van der Waals surface area contributed by atoms with Gasteiger partial charge in [-0.1, -0.05) is 0 Å². The molecule has 1 aliphatic heterocycles. The number of hydrogen-bond donors (Lipinski definition) is 1. The van der Waals surface area contributed by atoms with E-state index in [0.717, 1.165) is 0 Å². The smallest absolute Gasteiger partial charge is 0.311 e. The number of esters is 1. The fraction of sp³-hybridized carbons (Fsp3) is 0.400. The number of hydrogen-bond acceptors (Lipinski definition) is 8. The second-order valence-electron chi connectivity index (χ2n) is 7.03. The fourth-order valence-electron chi connectivity index (χ4n) is 3.44. The van der Waals surface area contributed by atoms with Crippen LogP contribution in [0.4, 0.5) is 10.8 Å². The molecule has 2 aromatic rings. The number of nitro benzene ring substituents is 1. The molecule has 0 bridgehead atoms. The van der Waals surface area contributed by atoms with E-state index in [2.05, 4.69) is 10.3 Å². The van der Waals surface area contributed by atoms with Gasteiger partial charge in [-0.2, -0.15) is 0 Å². The van der Waals surface area contributed by atoms with Crippen LogP contribution in [0.2, 0.25) is 0 Å². The highest BCUT2D eigenvalue weighted by molar-refractivity contribution is 7.13. The Morgan fingerprint density at radius 1 is 1.39 bits per heavy atom. The van der Waals surface area contributed by atoms with Crippen molar-refractivity contribution in [3.8, 4) is 0 Å². The number of rotatable bonds is 7. The highest BCUT2D eigenvalue weighted by atomic mass is 32.1. The van der Waals surface area contributed by atoms with Gasteiger partial charge >= 0.3 is 5.97 Å². The first kappa shape index (κ1) is 22.3. The third kappa shape index (κ3) is 5.23. The van der Waals surface area contributed by atoms with Crippen LogP contribution >= 0.6 is 11.3 Å². The number of carbonyl (C=O) groups is 3. The van der Waals surface area contributed by atoms with Crippen molar-refractivity contribution in [2.45, 2.75) is 39.2 Å². The van der Waals surface area contributed by atoms with Gasteiger partial charge in [-0.15, -0.1) is 11.3 Å². The number of carbonyl (C=O) groups excluding carboxylic acids is 3. The van der Waals surface area contributed by atoms with Gasteiger partial charge in [0.2, 0.25) is 5.91 Å². The summed E-state index contributed by atoms with van der Waals surface area (Å²) in [6.45, 7) is 3.99. The van der Waals surface area contributed by atoms with Crippen molar-refractivity contribution in [3.05, 3.63) is 50.5 Å². The van der Waals surface area contributed by atoms with Crippen LogP contribution in [-0.2, 0) is 20.7 Å². The molecule has 2 heterocycles. The van der Waals surface area contributed by atoms with Gasteiger partial charge in [0, 0.05) is 29.1 Å². The van der Waals surface area contributed by atoms with Crippen molar-refractivity contribution < 1.29 is 24.0 Å². The first-order valence-electron chi connectivity index (χ1n) is 9.77. The van der Waals surface area contributed by atoms with Gasteiger partial charge in [0.1, 0.15) is 6.04 Å². The number of benzene rings is 1. The third-order valence-electron chi connectivity index (χ3n) is 4.87. The van der Waals surface area contributed by atoms with E-state index in [1.165, 1.54) is 34.4 Å². The molecule has 0 radical (unpaired) electrons. The number of thiazole rings is 1. The first-order valence-corrected chi connectivity index (χ1v) is 10.6. The molecular weight excluding hydrogens is 424 g/mol. The number of amides is 2. The average molecular weight is 446 g/mol. The average Bonchev–Trinajstić information content (AvgIpc) is 3.36. The highest BCUT2D eigenvalue weighted by Crippen LogP contribution is 2.25. The molecule has 2 amide bonds. The van der Waals surface area contributed by atoms with Gasteiger partial charge in [0.05, 0.1) is 23.6 Å². The lowest BCUT2D eigenvalue weighted by molar-refractivity contribution is -0.385. The van der Waals surface area contributed by atoms with Crippen molar-refractivity contribution in [2.75, 3.05) is 18.5 Å². The minimum absolute atomic E-state index is 0.0216. The summed E-state index contributed by atoms with van der Waals surface area (Å²) in [5.41, 5.74) is 1.12. The summed E-state index contributed by atoms with van der Waals surface area (Å²) in [6, 6.07) is 3.51. The lowest BCUT2D eigenvalue weighted by Crippen LogP contribution is -2.43. The zero-order chi connectivity index (χ0) is 22.5. The SMILES string of the molecule is CCOC(=O)Cc1csc(NC(=O)C2CCCN2C(=O)c2ccc([N+](=O)[O-])c(C)c2)n1. The maximum atomic E-state index is 12.9. The Bertz CT molecular complexity index is 1020. The van der Waals surface area contributed by atoms with Crippen molar-refractivity contribution >= 4 is 39.9 Å². The molecule has 0 spiro atoms. The third-order valence-corrected chi connectivity index (χ3v) is 5.68. The van der Waals surface area contributed by atoms with E-state index < -0.39 is 16.9 Å². The van der Waals surface area contributed by atoms with Crippen LogP contribution < -0.4 is 5.32 Å². The molecule has 1 saturated heterocycles. The number of nitro groups is 1. The molecule has 1 aliphatic rings. The second-order valence-corrected chi connectivity index (χ2v) is 7.89. The van der Waals surface area contributed by atoms with Crippen molar-refractivity contribution in [1.29, 1.82) is 0 Å². The summed E-state index contributed by atoms with van der Waals surface area (Å²) in [6.07, 6.45) is 1.19. The lowest BCUT2D eigenvalue weighted by Gasteiger charge is -2.23. The van der Waals surface area contributed by atoms with Crippen LogP contribution in [0.3, 0.4) is 0 Å². The maximum absolute atomic E-state index is 12.9. The van der Waals surface area contributed by atoms with Crippen LogP contribution in [-0.4, -0.2) is 51.8 Å². The number of ether oxygens (including phenoxy) is 1. The number of nitrogens with one attached hydrogen (secondary N) is 1. The molecule has 1 aromatic heterocycles. The Morgan fingerprint density at radius 2 is 2.16 bits per heavy atom. The molecule has 10 nitrogen and oxygen atoms in total. The largest absolute Gasteiger partial charge is 0.466 e. The maximum Gasteiger partial charge on any atom is 0.311 e. The van der Waals surface area contributed by atoms with Crippen molar-refractivity contribution in [2.24, 2.45) is 0 Å². The van der Waals surface area contributed by atoms with E-state index >= 15 is 0 Å². The summed E-state index contributed by atoms with van der Waals surface area (Å²) in [5, 5.41) is 15.7. The first-order chi connectivity index (χ1) is 14.8. The number of anilines is 1. The molecule has 1 unspecified atom stereocenters. The molecule has 1 fully saturated rings. The van der Waals surface area contributed by atoms with Crippen LogP contribution in [0.1, 0.15) is 41.4 Å². The summed E-state index contributed by atoms with van der Waals surface area (Å²) in [7, 11) is 0. The van der Waals surface area contributed by atoms with Crippen LogP contribution in [0, 0.1) is 17.0 Å². The lowest BCUT2D eigenvalue weighted by atomic mass is 10.1. The molecule has 1 atom stereocenters. The molecule has 0 saturated carbocycles. The number of aromatic nitrogens is 1. The molecule has 164 valence electrons. The molecule has 3 rings (SSSR count). The second kappa shape index (κ2) is 9.65. The van der Waals surface area contributed by atoms with E-state index in [4.69, 9.17) is 4.74 Å². The van der Waals surface area contributed by atoms with E-state index in [0.29, 0.717) is 41.3 Å². The van der Waals surface area contributed by atoms with Crippen molar-refractivity contribution in [1.82, 2.24) is 9.88 Å². The molecule has 1 N–H and O–H groups in total. The highest BCUT2D eigenvalue weighted by Gasteiger charge is 2.35. The Kier molecular flexibility index (Phi) is 6.95. The number of aryl methyl sites for hydroxylation is 1. The van der Waals surface area contributed by atoms with E-state index in [1.54, 1.807) is 19.2 Å². The van der Waals surface area contributed by atoms with Gasteiger partial charge in [-0.25, -0.2) is 4.98 Å². The Labute approximate surface area is 182 Å². The number of likely N-dealkylation sites (tertiary alicyclic amines) is 1. The van der Waals surface area contributed by atoms with Crippen molar-refractivity contribution in [3.63, 3.8) is 0 Å². The predicted octanol–water partition coefficient (Wildman–Crippen LogP) is 2.71. The fourth-order valence-corrected chi connectivity index (χ4v) is 4.15. The predicted molar refractivity (Wildman–Crippen MR) is 113 cm³/mol. The van der Waals surface area contributed by atoms with Crippen LogP contribution in [0.15, 0.2) is 23.6 Å². The summed E-state index contributed by atoms with van der Waals surface area (Å²) < 4.78 is 4.89. The van der Waals surface area contributed by atoms with Crippen LogP contribution in [0.5, 0.6) is 0 Å². The zero-order valence-electron chi connectivity index (χ0n) is 17.1. The Morgan fingerprint density at radius 3 is 2.84 bits per heavy atom. The van der Waals surface area contributed by atoms with E-state index in [1.807, 2.05) is 0 Å². The molecule has 31 heavy (non-hydrogen) atoms. The normalized spacial score (nSPS) is 15.5. The van der Waals surface area contributed by atoms with Gasteiger partial charge in [0.15, 0.2) is 5.13 Å². The summed E-state index contributed by atoms with van der Waals surface area (Å²) in [4.78, 5) is 53.5. The topological polar surface area (TPSA) is 132 Å². The number of nitrogens with zero attached hydrogens (tertiary/aromatic N) is 3. The van der Waals surface area contributed by atoms with Gasteiger partial charge < -0.3 is 15.0 Å². The summed E-state index contributed by atoms with van der Waals surface area (Å²) in [5.74, 6) is -1.10. The minimum Gasteiger partial charge on any atom is -0.466 e. The monoisotopic (exact) mass is 446 g/mol. The standard InChI is InChI=1S/C20H22N4O6S/c1-3-30-17(25)10-14-11-31-20(21-14)22-18(26)16-5-4-8-23(16)19(27)13-6-7-15(24(28)29)12(2)9-13/h6-7,9,11,16H,3-5,8,10H2,1-2H3,(H,21,22,26). The van der Waals surface area contributed by atoms with E-state index in [-0.39, 0.29) is 30.5 Å². The Balaban J connectivity index is 1.67. The zero-order valence-corrected chi connectivity index (χ0v) is 17.9. The van der Waals surface area contributed by atoms with E-state index in [9.17, 15) is 24.5 Å². The Hall–Kier alpha value is -3.34. The van der Waals surface area contributed by atoms with Gasteiger partial charge in [-0.3, -0.25) is 24.5 Å². The minimum atomic E-state index is -0.666. The van der Waals surface area contributed by atoms with Gasteiger partial charge in [-0.05, 0) is 38.8 Å². The molecular formula is C20H22N4O6S. The molecule has 11 heteroatoms. The molecule has 0 aliphatic carbocycles. The quantitative estimate of drug-likeness (QED) is 0.393. The van der Waals surface area contributed by atoms with Crippen LogP contribution in [0.25, 0.3) is 0 Å². The molecule has 1 aromatic carbocycles. The summed E-state index contributed by atoms with van der Waals surface area (Å²) >= 11 is 1.19. The van der Waals surface area contributed by atoms with Gasteiger partial charge in [0.25, 0.3) is 11.6 Å².